The molecule has 20 heavy (non-hydrogen) atoms. The number of aromatic nitrogens is 2. The van der Waals surface area contributed by atoms with Crippen LogP contribution in [0.4, 0.5) is 5.82 Å². The molecular formula is C15H16BrN3O. The van der Waals surface area contributed by atoms with Crippen LogP contribution in [0, 0.1) is 12.8 Å². The number of nitrogens with zero attached hydrogens (tertiary/aromatic N) is 2. The summed E-state index contributed by atoms with van der Waals surface area (Å²) >= 11 is 3.48. The van der Waals surface area contributed by atoms with Crippen molar-refractivity contribution in [3.63, 3.8) is 0 Å². The summed E-state index contributed by atoms with van der Waals surface area (Å²) in [5.74, 6) is 0.833. The number of carbonyl (C=O) groups excluding carboxylic acids is 1. The maximum absolute atomic E-state index is 12.4. The lowest BCUT2D eigenvalue weighted by Crippen LogP contribution is -2.24. The number of hydrogen-bond donors (Lipinski definition) is 1. The summed E-state index contributed by atoms with van der Waals surface area (Å²) in [5.41, 5.74) is 3.44. The maximum Gasteiger partial charge on any atom is 0.229 e. The average Bonchev–Trinajstić information content (AvgIpc) is 2.92. The number of fused-ring (bicyclic) bond motifs is 1. The van der Waals surface area contributed by atoms with Crippen LogP contribution in [0.1, 0.15) is 16.8 Å². The van der Waals surface area contributed by atoms with Crippen LogP contribution in [0.2, 0.25) is 0 Å². The van der Waals surface area contributed by atoms with Crippen molar-refractivity contribution in [2.45, 2.75) is 19.8 Å². The molecule has 1 amide bonds. The number of amides is 1. The van der Waals surface area contributed by atoms with Crippen molar-refractivity contribution < 1.29 is 4.79 Å². The molecule has 0 saturated heterocycles. The third-order valence-electron chi connectivity index (χ3n) is 3.72. The first kappa shape index (κ1) is 13.4. The van der Waals surface area contributed by atoms with Gasteiger partial charge < -0.3 is 5.32 Å². The van der Waals surface area contributed by atoms with E-state index in [9.17, 15) is 4.79 Å². The lowest BCUT2D eigenvalue weighted by Gasteiger charge is -2.10. The Morgan fingerprint density at radius 3 is 2.80 bits per heavy atom. The molecule has 3 rings (SSSR count). The molecule has 1 aliphatic carbocycles. The number of nitrogens with one attached hydrogen (secondary N) is 1. The van der Waals surface area contributed by atoms with Crippen LogP contribution in [0.15, 0.2) is 28.7 Å². The van der Waals surface area contributed by atoms with Crippen LogP contribution in [-0.2, 0) is 24.7 Å². The second kappa shape index (κ2) is 5.05. The van der Waals surface area contributed by atoms with E-state index in [1.54, 1.807) is 4.68 Å². The van der Waals surface area contributed by atoms with Crippen molar-refractivity contribution in [1.82, 2.24) is 9.78 Å². The van der Waals surface area contributed by atoms with E-state index >= 15 is 0 Å². The summed E-state index contributed by atoms with van der Waals surface area (Å²) in [6.45, 7) is 1.92. The molecule has 0 spiro atoms. The first-order valence-electron chi connectivity index (χ1n) is 6.62. The number of anilines is 1. The van der Waals surface area contributed by atoms with E-state index < -0.39 is 0 Å². The molecule has 1 aromatic heterocycles. The molecular weight excluding hydrogens is 318 g/mol. The van der Waals surface area contributed by atoms with E-state index in [0.717, 1.165) is 28.8 Å². The van der Waals surface area contributed by atoms with Crippen LogP contribution >= 0.6 is 15.9 Å². The van der Waals surface area contributed by atoms with E-state index in [4.69, 9.17) is 0 Å². The number of rotatable bonds is 2. The summed E-state index contributed by atoms with van der Waals surface area (Å²) in [4.78, 5) is 12.4. The first-order valence-corrected chi connectivity index (χ1v) is 7.41. The molecule has 5 heteroatoms. The third-order valence-corrected chi connectivity index (χ3v) is 4.22. The summed E-state index contributed by atoms with van der Waals surface area (Å²) in [6.07, 6.45) is 1.61. The number of aryl methyl sites for hydroxylation is 2. The molecule has 1 aromatic carbocycles. The molecule has 4 nitrogen and oxygen atoms in total. The van der Waals surface area contributed by atoms with Gasteiger partial charge in [-0.1, -0.05) is 22.0 Å². The van der Waals surface area contributed by atoms with Gasteiger partial charge in [0.2, 0.25) is 5.91 Å². The van der Waals surface area contributed by atoms with E-state index in [2.05, 4.69) is 38.5 Å². The highest BCUT2D eigenvalue weighted by Gasteiger charge is 2.27. The smallest absolute Gasteiger partial charge is 0.229 e. The van der Waals surface area contributed by atoms with Crippen molar-refractivity contribution >= 4 is 27.7 Å². The second-order valence-corrected chi connectivity index (χ2v) is 6.22. The first-order chi connectivity index (χ1) is 9.52. The van der Waals surface area contributed by atoms with Gasteiger partial charge in [-0.05, 0) is 43.0 Å². The Morgan fingerprint density at radius 1 is 1.35 bits per heavy atom. The Balaban J connectivity index is 1.73. The van der Waals surface area contributed by atoms with Crippen LogP contribution in [0.25, 0.3) is 0 Å². The minimum absolute atomic E-state index is 0.00880. The Morgan fingerprint density at radius 2 is 2.10 bits per heavy atom. The van der Waals surface area contributed by atoms with Gasteiger partial charge in [-0.2, -0.15) is 5.10 Å². The number of carbonyl (C=O) groups is 1. The van der Waals surface area contributed by atoms with Crippen LogP contribution in [0.3, 0.4) is 0 Å². The Kier molecular flexibility index (Phi) is 3.38. The minimum Gasteiger partial charge on any atom is -0.311 e. The van der Waals surface area contributed by atoms with E-state index in [0.29, 0.717) is 0 Å². The lowest BCUT2D eigenvalue weighted by atomic mass is 10.1. The van der Waals surface area contributed by atoms with Crippen LogP contribution in [0.5, 0.6) is 0 Å². The van der Waals surface area contributed by atoms with Crippen LogP contribution < -0.4 is 5.32 Å². The molecule has 0 radical (unpaired) electrons. The molecule has 1 unspecified atom stereocenters. The molecule has 1 heterocycles. The fraction of sp³-hybridized carbons (Fsp3) is 0.333. The second-order valence-electron chi connectivity index (χ2n) is 5.30. The van der Waals surface area contributed by atoms with Gasteiger partial charge in [-0.15, -0.1) is 0 Å². The van der Waals surface area contributed by atoms with E-state index in [-0.39, 0.29) is 11.8 Å². The van der Waals surface area contributed by atoms with Crippen molar-refractivity contribution in [2.24, 2.45) is 13.0 Å². The molecule has 0 aliphatic heterocycles. The largest absolute Gasteiger partial charge is 0.311 e. The quantitative estimate of drug-likeness (QED) is 0.918. The standard InChI is InChI=1S/C15H16BrN3O/c1-9-5-14(19(2)18-9)17-15(20)12-6-10-3-4-13(16)8-11(10)7-12/h3-5,8,12H,6-7H2,1-2H3,(H,17,20). The minimum atomic E-state index is 0.00880. The van der Waals surface area contributed by atoms with Crippen molar-refractivity contribution in [3.8, 4) is 0 Å². The normalized spacial score (nSPS) is 17.1. The molecule has 0 bridgehead atoms. The highest BCUT2D eigenvalue weighted by molar-refractivity contribution is 9.10. The Hall–Kier alpha value is -1.62. The van der Waals surface area contributed by atoms with Gasteiger partial charge in [0.25, 0.3) is 0 Å². The zero-order valence-electron chi connectivity index (χ0n) is 11.5. The average molecular weight is 334 g/mol. The predicted molar refractivity (Wildman–Crippen MR) is 81.6 cm³/mol. The Labute approximate surface area is 126 Å². The zero-order valence-corrected chi connectivity index (χ0v) is 13.1. The third kappa shape index (κ3) is 2.50. The number of halogens is 1. The van der Waals surface area contributed by atoms with Gasteiger partial charge in [0.05, 0.1) is 5.69 Å². The van der Waals surface area contributed by atoms with Crippen molar-refractivity contribution in [1.29, 1.82) is 0 Å². The molecule has 104 valence electrons. The summed E-state index contributed by atoms with van der Waals surface area (Å²) in [6, 6.07) is 8.12. The van der Waals surface area contributed by atoms with Gasteiger partial charge in [-0.25, -0.2) is 0 Å². The van der Waals surface area contributed by atoms with E-state index in [1.165, 1.54) is 11.1 Å². The van der Waals surface area contributed by atoms with Crippen LogP contribution in [-0.4, -0.2) is 15.7 Å². The SMILES string of the molecule is Cc1cc(NC(=O)C2Cc3ccc(Br)cc3C2)n(C)n1. The van der Waals surface area contributed by atoms with Gasteiger partial charge >= 0.3 is 0 Å². The molecule has 0 saturated carbocycles. The van der Waals surface area contributed by atoms with Gasteiger partial charge in [0.15, 0.2) is 0 Å². The maximum atomic E-state index is 12.4. The topological polar surface area (TPSA) is 46.9 Å². The molecule has 1 atom stereocenters. The highest BCUT2D eigenvalue weighted by Crippen LogP contribution is 2.30. The molecule has 0 fully saturated rings. The summed E-state index contributed by atoms with van der Waals surface area (Å²) in [5, 5.41) is 7.21. The predicted octanol–water partition coefficient (Wildman–Crippen LogP) is 2.84. The van der Waals surface area contributed by atoms with Crippen molar-refractivity contribution in [2.75, 3.05) is 5.32 Å². The number of benzene rings is 1. The summed E-state index contributed by atoms with van der Waals surface area (Å²) < 4.78 is 2.77. The van der Waals surface area contributed by atoms with Gasteiger partial charge in [0, 0.05) is 23.5 Å². The summed E-state index contributed by atoms with van der Waals surface area (Å²) in [7, 11) is 1.84. The molecule has 2 aromatic rings. The van der Waals surface area contributed by atoms with E-state index in [1.807, 2.05) is 26.1 Å². The number of hydrogen-bond acceptors (Lipinski definition) is 2. The fourth-order valence-electron chi connectivity index (χ4n) is 2.73. The molecule has 1 N–H and O–H groups in total. The highest BCUT2D eigenvalue weighted by atomic mass is 79.9. The molecule has 1 aliphatic rings. The monoisotopic (exact) mass is 333 g/mol. The van der Waals surface area contributed by atoms with Gasteiger partial charge in [0.1, 0.15) is 5.82 Å². The van der Waals surface area contributed by atoms with Crippen molar-refractivity contribution in [3.05, 3.63) is 45.6 Å². The zero-order chi connectivity index (χ0) is 14.3. The Bertz CT molecular complexity index is 678. The lowest BCUT2D eigenvalue weighted by molar-refractivity contribution is -0.119. The van der Waals surface area contributed by atoms with Gasteiger partial charge in [-0.3, -0.25) is 9.48 Å². The fourth-order valence-corrected chi connectivity index (χ4v) is 3.14.